The van der Waals surface area contributed by atoms with Gasteiger partial charge in [0.25, 0.3) is 0 Å². The minimum absolute atomic E-state index is 0.0823. The third-order valence-electron chi connectivity index (χ3n) is 4.07. The molecule has 1 aliphatic carbocycles. The zero-order valence-corrected chi connectivity index (χ0v) is 11.9. The lowest BCUT2D eigenvalue weighted by Gasteiger charge is -2.31. The summed E-state index contributed by atoms with van der Waals surface area (Å²) in [5, 5.41) is 7.66. The van der Waals surface area contributed by atoms with Gasteiger partial charge in [-0.2, -0.15) is 0 Å². The van der Waals surface area contributed by atoms with Crippen LogP contribution < -0.4 is 10.5 Å². The molecule has 2 atom stereocenters. The van der Waals surface area contributed by atoms with Gasteiger partial charge in [-0.05, 0) is 56.2 Å². The third kappa shape index (κ3) is 3.28. The zero-order valence-electron chi connectivity index (χ0n) is 11.9. The molecule has 0 amide bonds. The Morgan fingerprint density at radius 3 is 2.79 bits per heavy atom. The average Bonchev–Trinajstić information content (AvgIpc) is 2.39. The van der Waals surface area contributed by atoms with E-state index in [1.54, 1.807) is 0 Å². The van der Waals surface area contributed by atoms with Gasteiger partial charge in [0.2, 0.25) is 0 Å². The first-order valence-corrected chi connectivity index (χ1v) is 7.23. The molecule has 1 aromatic rings. The number of nitrogens with two attached hydrogens (primary N) is 1. The second-order valence-corrected chi connectivity index (χ2v) is 5.52. The normalized spacial score (nSPS) is 23.1. The van der Waals surface area contributed by atoms with Gasteiger partial charge >= 0.3 is 0 Å². The van der Waals surface area contributed by atoms with Crippen molar-refractivity contribution in [1.82, 2.24) is 0 Å². The van der Waals surface area contributed by atoms with E-state index < -0.39 is 0 Å². The Bertz CT molecular complexity index is 456. The van der Waals surface area contributed by atoms with E-state index in [0.717, 1.165) is 24.2 Å². The Hall–Kier alpha value is -1.51. The van der Waals surface area contributed by atoms with Crippen LogP contribution in [0.5, 0.6) is 5.75 Å². The Kier molecular flexibility index (Phi) is 4.46. The van der Waals surface area contributed by atoms with Crippen molar-refractivity contribution in [3.63, 3.8) is 0 Å². The molecule has 3 heteroatoms. The van der Waals surface area contributed by atoms with E-state index in [0.29, 0.717) is 11.5 Å². The highest BCUT2D eigenvalue weighted by atomic mass is 16.5. The van der Waals surface area contributed by atoms with Crippen LogP contribution in [0.4, 0.5) is 0 Å². The summed E-state index contributed by atoms with van der Waals surface area (Å²) in [6.45, 7) is 4.27. The predicted octanol–water partition coefficient (Wildman–Crippen LogP) is 3.63. The lowest BCUT2D eigenvalue weighted by Crippen LogP contribution is -2.30. The van der Waals surface area contributed by atoms with Crippen LogP contribution in [0, 0.1) is 18.3 Å². The summed E-state index contributed by atoms with van der Waals surface area (Å²) in [5.41, 5.74) is 7.50. The van der Waals surface area contributed by atoms with E-state index in [-0.39, 0.29) is 11.9 Å². The van der Waals surface area contributed by atoms with Crippen LogP contribution in [-0.4, -0.2) is 11.9 Å². The van der Waals surface area contributed by atoms with Crippen LogP contribution in [0.15, 0.2) is 18.2 Å². The van der Waals surface area contributed by atoms with Crippen LogP contribution in [0.3, 0.4) is 0 Å². The van der Waals surface area contributed by atoms with Crippen molar-refractivity contribution >= 4 is 5.84 Å². The highest BCUT2D eigenvalue weighted by molar-refractivity contribution is 5.97. The van der Waals surface area contributed by atoms with Crippen molar-refractivity contribution in [3.8, 4) is 5.75 Å². The number of benzene rings is 1. The van der Waals surface area contributed by atoms with Gasteiger partial charge in [0.05, 0.1) is 5.56 Å². The molecule has 1 saturated carbocycles. The van der Waals surface area contributed by atoms with Gasteiger partial charge in [0.15, 0.2) is 0 Å². The van der Waals surface area contributed by atoms with E-state index in [2.05, 4.69) is 6.92 Å². The van der Waals surface area contributed by atoms with E-state index in [1.165, 1.54) is 19.3 Å². The Morgan fingerprint density at radius 1 is 1.37 bits per heavy atom. The summed E-state index contributed by atoms with van der Waals surface area (Å²) < 4.78 is 6.21. The van der Waals surface area contributed by atoms with E-state index in [1.807, 2.05) is 25.1 Å². The summed E-state index contributed by atoms with van der Waals surface area (Å²) in [7, 11) is 0. The van der Waals surface area contributed by atoms with E-state index in [4.69, 9.17) is 15.9 Å². The summed E-state index contributed by atoms with van der Waals surface area (Å²) >= 11 is 0. The molecule has 1 aromatic carbocycles. The van der Waals surface area contributed by atoms with Crippen LogP contribution in [0.1, 0.15) is 50.2 Å². The number of hydrogen-bond donors (Lipinski definition) is 2. The molecule has 0 saturated heterocycles. The van der Waals surface area contributed by atoms with Crippen molar-refractivity contribution in [2.45, 2.75) is 52.1 Å². The first-order valence-electron chi connectivity index (χ1n) is 7.23. The molecular formula is C16H24N2O. The highest BCUT2D eigenvalue weighted by Crippen LogP contribution is 2.32. The van der Waals surface area contributed by atoms with Crippen molar-refractivity contribution in [2.24, 2.45) is 11.7 Å². The summed E-state index contributed by atoms with van der Waals surface area (Å²) in [6.07, 6.45) is 6.35. The number of ether oxygens (including phenoxy) is 1. The number of amidine groups is 1. The van der Waals surface area contributed by atoms with E-state index >= 15 is 0 Å². The monoisotopic (exact) mass is 260 g/mol. The predicted molar refractivity (Wildman–Crippen MR) is 78.9 cm³/mol. The molecule has 0 spiro atoms. The van der Waals surface area contributed by atoms with Gasteiger partial charge < -0.3 is 10.5 Å². The average molecular weight is 260 g/mol. The van der Waals surface area contributed by atoms with Crippen molar-refractivity contribution in [3.05, 3.63) is 29.3 Å². The number of nitrogens with one attached hydrogen (secondary N) is 1. The second kappa shape index (κ2) is 6.09. The number of hydrogen-bond acceptors (Lipinski definition) is 2. The van der Waals surface area contributed by atoms with Gasteiger partial charge in [0.1, 0.15) is 17.7 Å². The Balaban J connectivity index is 2.21. The molecule has 0 aromatic heterocycles. The van der Waals surface area contributed by atoms with E-state index in [9.17, 15) is 0 Å². The van der Waals surface area contributed by atoms with Crippen LogP contribution in [0.25, 0.3) is 0 Å². The fourth-order valence-corrected chi connectivity index (χ4v) is 2.91. The first-order chi connectivity index (χ1) is 9.11. The van der Waals surface area contributed by atoms with Gasteiger partial charge in [-0.25, -0.2) is 0 Å². The van der Waals surface area contributed by atoms with Gasteiger partial charge in [-0.15, -0.1) is 0 Å². The zero-order chi connectivity index (χ0) is 13.8. The lowest BCUT2D eigenvalue weighted by molar-refractivity contribution is 0.0901. The quantitative estimate of drug-likeness (QED) is 0.641. The minimum Gasteiger partial charge on any atom is -0.489 e. The SMILES string of the molecule is CCC1CCCCC1Oc1cc(C)ccc1C(=N)N. The Morgan fingerprint density at radius 2 is 2.11 bits per heavy atom. The molecule has 1 fully saturated rings. The summed E-state index contributed by atoms with van der Waals surface area (Å²) in [5.74, 6) is 1.49. The lowest BCUT2D eigenvalue weighted by atomic mass is 9.84. The molecule has 2 unspecified atom stereocenters. The van der Waals surface area contributed by atoms with Crippen LogP contribution in [0.2, 0.25) is 0 Å². The third-order valence-corrected chi connectivity index (χ3v) is 4.07. The fourth-order valence-electron chi connectivity index (χ4n) is 2.91. The molecule has 1 aliphatic rings. The molecule has 3 nitrogen and oxygen atoms in total. The number of nitrogen functional groups attached to an aromatic ring is 1. The maximum Gasteiger partial charge on any atom is 0.130 e. The summed E-state index contributed by atoms with van der Waals surface area (Å²) in [6, 6.07) is 5.86. The molecule has 0 heterocycles. The van der Waals surface area contributed by atoms with Crippen molar-refractivity contribution in [1.29, 1.82) is 5.41 Å². The molecule has 3 N–H and O–H groups in total. The smallest absolute Gasteiger partial charge is 0.130 e. The number of rotatable bonds is 4. The molecular weight excluding hydrogens is 236 g/mol. The maximum absolute atomic E-state index is 7.66. The van der Waals surface area contributed by atoms with Gasteiger partial charge in [-0.3, -0.25) is 5.41 Å². The van der Waals surface area contributed by atoms with Crippen LogP contribution in [-0.2, 0) is 0 Å². The summed E-state index contributed by atoms with van der Waals surface area (Å²) in [4.78, 5) is 0. The van der Waals surface area contributed by atoms with Crippen molar-refractivity contribution < 1.29 is 4.74 Å². The second-order valence-electron chi connectivity index (χ2n) is 5.52. The molecule has 2 rings (SSSR count). The number of aryl methyl sites for hydroxylation is 1. The van der Waals surface area contributed by atoms with Crippen LogP contribution >= 0.6 is 0 Å². The first kappa shape index (κ1) is 13.9. The largest absolute Gasteiger partial charge is 0.489 e. The van der Waals surface area contributed by atoms with Crippen molar-refractivity contribution in [2.75, 3.05) is 0 Å². The standard InChI is InChI=1S/C16H24N2O/c1-3-12-6-4-5-7-14(12)19-15-10-11(2)8-9-13(15)16(17)18/h8-10,12,14H,3-7H2,1-2H3,(H3,17,18). The maximum atomic E-state index is 7.66. The topological polar surface area (TPSA) is 59.1 Å². The Labute approximate surface area is 115 Å². The molecule has 0 aliphatic heterocycles. The molecule has 19 heavy (non-hydrogen) atoms. The van der Waals surface area contributed by atoms with Gasteiger partial charge in [0, 0.05) is 0 Å². The highest BCUT2D eigenvalue weighted by Gasteiger charge is 2.26. The minimum atomic E-state index is 0.0823. The molecule has 0 radical (unpaired) electrons. The molecule has 104 valence electrons. The molecule has 0 bridgehead atoms. The fraction of sp³-hybridized carbons (Fsp3) is 0.562. The van der Waals surface area contributed by atoms with Gasteiger partial charge in [-0.1, -0.05) is 19.4 Å².